The third kappa shape index (κ3) is 4.30. The molecule has 1 fully saturated rings. The van der Waals surface area contributed by atoms with Crippen LogP contribution in [0.1, 0.15) is 17.2 Å². The van der Waals surface area contributed by atoms with Gasteiger partial charge in [0.15, 0.2) is 0 Å². The number of hydrogen-bond acceptors (Lipinski definition) is 6. The van der Waals surface area contributed by atoms with Gasteiger partial charge in [-0.3, -0.25) is 9.69 Å². The van der Waals surface area contributed by atoms with Crippen LogP contribution in [0.25, 0.3) is 5.69 Å². The fourth-order valence-electron chi connectivity index (χ4n) is 3.51. The van der Waals surface area contributed by atoms with Gasteiger partial charge in [-0.1, -0.05) is 12.1 Å². The Bertz CT molecular complexity index is 988. The van der Waals surface area contributed by atoms with Gasteiger partial charge in [-0.15, -0.1) is 5.10 Å². The third-order valence-electron chi connectivity index (χ3n) is 4.88. The molecule has 29 heavy (non-hydrogen) atoms. The molecule has 2 aromatic carbocycles. The van der Waals surface area contributed by atoms with Crippen molar-refractivity contribution >= 4 is 11.6 Å². The molecule has 1 aliphatic heterocycles. The summed E-state index contributed by atoms with van der Waals surface area (Å²) in [5.41, 5.74) is 3.00. The standard InChI is InChI=1S/C20H21FN6O2/c1-14-11-17(5-6-18(14)27-13-22-24-25-27)23-20(28)19(26-7-9-29-10-8-26)15-3-2-4-16(21)12-15/h2-6,11-13,19H,7-10H2,1H3,(H,23,28)/t19-/m1/s1. The maximum Gasteiger partial charge on any atom is 0.246 e. The van der Waals surface area contributed by atoms with E-state index in [-0.39, 0.29) is 11.7 Å². The summed E-state index contributed by atoms with van der Waals surface area (Å²) in [6.07, 6.45) is 1.51. The molecule has 2 heterocycles. The van der Waals surface area contributed by atoms with Gasteiger partial charge in [-0.2, -0.15) is 0 Å². The van der Waals surface area contributed by atoms with E-state index in [1.54, 1.807) is 22.9 Å². The van der Waals surface area contributed by atoms with Crippen LogP contribution in [0.15, 0.2) is 48.8 Å². The smallest absolute Gasteiger partial charge is 0.246 e. The van der Waals surface area contributed by atoms with Gasteiger partial charge in [0.05, 0.1) is 18.9 Å². The molecule has 0 unspecified atom stereocenters. The fraction of sp³-hybridized carbons (Fsp3) is 0.300. The van der Waals surface area contributed by atoms with Gasteiger partial charge in [0, 0.05) is 18.8 Å². The average Bonchev–Trinajstić information content (AvgIpc) is 3.24. The number of benzene rings is 2. The van der Waals surface area contributed by atoms with Gasteiger partial charge < -0.3 is 10.1 Å². The molecule has 0 saturated carbocycles. The summed E-state index contributed by atoms with van der Waals surface area (Å²) in [5.74, 6) is -0.581. The van der Waals surface area contributed by atoms with Gasteiger partial charge in [-0.05, 0) is 58.8 Å². The Kier molecular flexibility index (Phi) is 5.59. The second-order valence-electron chi connectivity index (χ2n) is 6.85. The highest BCUT2D eigenvalue weighted by Crippen LogP contribution is 2.25. The second kappa shape index (κ2) is 8.46. The topological polar surface area (TPSA) is 85.2 Å². The average molecular weight is 396 g/mol. The number of carbonyl (C=O) groups is 1. The summed E-state index contributed by atoms with van der Waals surface area (Å²) in [7, 11) is 0. The number of hydrogen-bond donors (Lipinski definition) is 1. The normalized spacial score (nSPS) is 15.8. The number of carbonyl (C=O) groups excluding carboxylic acids is 1. The highest BCUT2D eigenvalue weighted by Gasteiger charge is 2.29. The van der Waals surface area contributed by atoms with Crippen LogP contribution in [0.4, 0.5) is 10.1 Å². The minimum atomic E-state index is -0.603. The largest absolute Gasteiger partial charge is 0.379 e. The predicted molar refractivity (Wildman–Crippen MR) is 104 cm³/mol. The van der Waals surface area contributed by atoms with E-state index < -0.39 is 6.04 Å². The first kappa shape index (κ1) is 19.2. The van der Waals surface area contributed by atoms with Crippen LogP contribution in [-0.4, -0.2) is 57.3 Å². The molecule has 0 spiro atoms. The molecule has 0 bridgehead atoms. The Morgan fingerprint density at radius 1 is 1.21 bits per heavy atom. The van der Waals surface area contributed by atoms with Crippen LogP contribution >= 0.6 is 0 Å². The van der Waals surface area contributed by atoms with E-state index in [1.807, 2.05) is 24.0 Å². The van der Waals surface area contributed by atoms with Crippen molar-refractivity contribution in [2.24, 2.45) is 0 Å². The minimum absolute atomic E-state index is 0.216. The van der Waals surface area contributed by atoms with E-state index in [2.05, 4.69) is 20.8 Å². The number of ether oxygens (including phenoxy) is 1. The van der Waals surface area contributed by atoms with Crippen LogP contribution in [0.3, 0.4) is 0 Å². The van der Waals surface area contributed by atoms with E-state index in [0.717, 1.165) is 11.3 Å². The van der Waals surface area contributed by atoms with Crippen LogP contribution in [0, 0.1) is 12.7 Å². The third-order valence-corrected chi connectivity index (χ3v) is 4.88. The number of aromatic nitrogens is 4. The molecule has 1 aliphatic rings. The molecule has 4 rings (SSSR count). The van der Waals surface area contributed by atoms with Crippen molar-refractivity contribution in [1.29, 1.82) is 0 Å². The van der Waals surface area contributed by atoms with Crippen molar-refractivity contribution in [2.75, 3.05) is 31.6 Å². The van der Waals surface area contributed by atoms with Gasteiger partial charge in [0.1, 0.15) is 18.2 Å². The zero-order valence-electron chi connectivity index (χ0n) is 16.0. The molecule has 1 N–H and O–H groups in total. The molecule has 1 atom stereocenters. The molecular weight excluding hydrogens is 375 g/mol. The van der Waals surface area contributed by atoms with E-state index in [9.17, 15) is 9.18 Å². The minimum Gasteiger partial charge on any atom is -0.379 e. The highest BCUT2D eigenvalue weighted by molar-refractivity contribution is 5.95. The summed E-state index contributed by atoms with van der Waals surface area (Å²) in [4.78, 5) is 15.2. The number of halogens is 1. The van der Waals surface area contributed by atoms with E-state index >= 15 is 0 Å². The van der Waals surface area contributed by atoms with Crippen molar-refractivity contribution in [3.05, 3.63) is 65.7 Å². The number of aryl methyl sites for hydroxylation is 1. The number of nitrogens with zero attached hydrogens (tertiary/aromatic N) is 5. The Hall–Kier alpha value is -3.17. The van der Waals surface area contributed by atoms with Crippen molar-refractivity contribution in [1.82, 2.24) is 25.1 Å². The first-order chi connectivity index (χ1) is 14.1. The lowest BCUT2D eigenvalue weighted by atomic mass is 10.0. The summed E-state index contributed by atoms with van der Waals surface area (Å²) in [6.45, 7) is 4.20. The summed E-state index contributed by atoms with van der Waals surface area (Å²) in [6, 6.07) is 11.1. The first-order valence-electron chi connectivity index (χ1n) is 9.34. The molecule has 1 saturated heterocycles. The van der Waals surface area contributed by atoms with E-state index in [0.29, 0.717) is 37.6 Å². The lowest BCUT2D eigenvalue weighted by Crippen LogP contribution is -2.43. The molecule has 1 amide bonds. The summed E-state index contributed by atoms with van der Waals surface area (Å²) in [5, 5.41) is 14.1. The van der Waals surface area contributed by atoms with E-state index in [4.69, 9.17) is 4.74 Å². The zero-order valence-corrected chi connectivity index (χ0v) is 16.0. The monoisotopic (exact) mass is 396 g/mol. The molecule has 3 aromatic rings. The van der Waals surface area contributed by atoms with Crippen LogP contribution in [0.5, 0.6) is 0 Å². The first-order valence-corrected chi connectivity index (χ1v) is 9.34. The zero-order chi connectivity index (χ0) is 20.2. The van der Waals surface area contributed by atoms with Gasteiger partial charge in [0.2, 0.25) is 5.91 Å². The Labute approximate surface area is 167 Å². The van der Waals surface area contributed by atoms with Crippen molar-refractivity contribution in [2.45, 2.75) is 13.0 Å². The number of nitrogens with one attached hydrogen (secondary N) is 1. The van der Waals surface area contributed by atoms with Crippen molar-refractivity contribution < 1.29 is 13.9 Å². The number of rotatable bonds is 5. The van der Waals surface area contributed by atoms with Gasteiger partial charge in [-0.25, -0.2) is 9.07 Å². The number of tetrazole rings is 1. The number of anilines is 1. The highest BCUT2D eigenvalue weighted by atomic mass is 19.1. The maximum atomic E-state index is 13.8. The Balaban J connectivity index is 1.58. The van der Waals surface area contributed by atoms with Gasteiger partial charge in [0.25, 0.3) is 0 Å². The maximum absolute atomic E-state index is 13.8. The molecule has 150 valence electrons. The molecule has 0 radical (unpaired) electrons. The molecule has 0 aliphatic carbocycles. The predicted octanol–water partition coefficient (Wildman–Crippen LogP) is 2.12. The number of amides is 1. The lowest BCUT2D eigenvalue weighted by molar-refractivity contribution is -0.123. The summed E-state index contributed by atoms with van der Waals surface area (Å²) >= 11 is 0. The van der Waals surface area contributed by atoms with Gasteiger partial charge >= 0.3 is 0 Å². The van der Waals surface area contributed by atoms with E-state index in [1.165, 1.54) is 18.5 Å². The van der Waals surface area contributed by atoms with Crippen molar-refractivity contribution in [3.8, 4) is 5.69 Å². The molecule has 9 heteroatoms. The van der Waals surface area contributed by atoms with Crippen molar-refractivity contribution in [3.63, 3.8) is 0 Å². The lowest BCUT2D eigenvalue weighted by Gasteiger charge is -2.33. The fourth-order valence-corrected chi connectivity index (χ4v) is 3.51. The molecule has 1 aromatic heterocycles. The summed E-state index contributed by atoms with van der Waals surface area (Å²) < 4.78 is 20.8. The Morgan fingerprint density at radius 3 is 2.72 bits per heavy atom. The molecule has 8 nitrogen and oxygen atoms in total. The van der Waals surface area contributed by atoms with Crippen LogP contribution < -0.4 is 5.32 Å². The SMILES string of the molecule is Cc1cc(NC(=O)[C@@H](c2cccc(F)c2)N2CCOCC2)ccc1-n1cnnn1. The molecular formula is C20H21FN6O2. The quantitative estimate of drug-likeness (QED) is 0.711. The second-order valence-corrected chi connectivity index (χ2v) is 6.85. The van der Waals surface area contributed by atoms with Crippen LogP contribution in [0.2, 0.25) is 0 Å². The Morgan fingerprint density at radius 2 is 2.03 bits per heavy atom. The number of morpholine rings is 1. The van der Waals surface area contributed by atoms with Crippen LogP contribution in [-0.2, 0) is 9.53 Å².